The van der Waals surface area contributed by atoms with Gasteiger partial charge in [-0.15, -0.1) is 11.8 Å². The molecule has 0 aliphatic carbocycles. The molecule has 0 atom stereocenters. The van der Waals surface area contributed by atoms with E-state index in [1.807, 2.05) is 0 Å². The van der Waals surface area contributed by atoms with Gasteiger partial charge in [-0.25, -0.2) is 0 Å². The number of carbonyl (C=O) groups excluding carboxylic acids is 1. The third kappa shape index (κ3) is 4.15. The Kier molecular flexibility index (Phi) is 5.26. The Morgan fingerprint density at radius 3 is 2.75 bits per heavy atom. The normalized spacial score (nSPS) is 10.5. The highest BCUT2D eigenvalue weighted by Gasteiger charge is 2.08. The van der Waals surface area contributed by atoms with Crippen LogP contribution in [0.3, 0.4) is 0 Å². The van der Waals surface area contributed by atoms with Crippen molar-refractivity contribution in [1.82, 2.24) is 5.32 Å². The van der Waals surface area contributed by atoms with E-state index in [1.54, 1.807) is 17.8 Å². The van der Waals surface area contributed by atoms with Gasteiger partial charge in [0.15, 0.2) is 0 Å². The Balaban J connectivity index is 1.72. The number of carbonyl (C=O) groups is 1. The number of hydrogen-bond acceptors (Lipinski definition) is 4. The summed E-state index contributed by atoms with van der Waals surface area (Å²) in [6.07, 6.45) is 1.44. The van der Waals surface area contributed by atoms with Crippen LogP contribution >= 0.6 is 11.8 Å². The van der Waals surface area contributed by atoms with Crippen LogP contribution in [0.2, 0.25) is 0 Å². The van der Waals surface area contributed by atoms with Gasteiger partial charge >= 0.3 is 0 Å². The Bertz CT molecular complexity index is 564. The fourth-order valence-electron chi connectivity index (χ4n) is 1.68. The third-order valence-corrected chi connectivity index (χ3v) is 3.81. The summed E-state index contributed by atoms with van der Waals surface area (Å²) in [5.41, 5.74) is 7.20. The molecule has 2 aromatic rings. The predicted molar refractivity (Wildman–Crippen MR) is 80.8 cm³/mol. The van der Waals surface area contributed by atoms with Crippen LogP contribution in [0, 0.1) is 6.92 Å². The topological polar surface area (TPSA) is 68.3 Å². The summed E-state index contributed by atoms with van der Waals surface area (Å²) in [5, 5.41) is 2.86. The van der Waals surface area contributed by atoms with Crippen LogP contribution < -0.4 is 11.1 Å². The minimum Gasteiger partial charge on any atom is -0.467 e. The maximum Gasteiger partial charge on any atom is 0.254 e. The summed E-state index contributed by atoms with van der Waals surface area (Å²) in [6.45, 7) is 2.98. The van der Waals surface area contributed by atoms with Gasteiger partial charge in [0.2, 0.25) is 0 Å². The molecule has 0 spiro atoms. The van der Waals surface area contributed by atoms with Gasteiger partial charge in [0.05, 0.1) is 12.1 Å². The van der Waals surface area contributed by atoms with Crippen LogP contribution in [0.25, 0.3) is 0 Å². The Morgan fingerprint density at radius 2 is 2.10 bits per heavy atom. The lowest BCUT2D eigenvalue weighted by Gasteiger charge is -2.04. The number of hydrogen-bond donors (Lipinski definition) is 2. The van der Waals surface area contributed by atoms with E-state index in [-0.39, 0.29) is 5.91 Å². The van der Waals surface area contributed by atoms with Gasteiger partial charge in [-0.05, 0) is 25.1 Å². The molecule has 0 saturated heterocycles. The van der Waals surface area contributed by atoms with Gasteiger partial charge in [-0.2, -0.15) is 0 Å². The minimum absolute atomic E-state index is 0.127. The average molecular weight is 290 g/mol. The zero-order valence-corrected chi connectivity index (χ0v) is 12.2. The van der Waals surface area contributed by atoms with Gasteiger partial charge in [0, 0.05) is 17.2 Å². The second kappa shape index (κ2) is 7.17. The quantitative estimate of drug-likeness (QED) is 0.634. The molecule has 0 saturated carbocycles. The lowest BCUT2D eigenvalue weighted by Crippen LogP contribution is -2.25. The summed E-state index contributed by atoms with van der Waals surface area (Å²) >= 11 is 1.72. The Morgan fingerprint density at radius 1 is 1.35 bits per heavy atom. The van der Waals surface area contributed by atoms with Crippen molar-refractivity contribution in [2.45, 2.75) is 18.4 Å². The first-order chi connectivity index (χ1) is 9.69. The van der Waals surface area contributed by atoms with E-state index in [0.717, 1.165) is 5.75 Å². The largest absolute Gasteiger partial charge is 0.467 e. The molecule has 1 amide bonds. The molecule has 106 valence electrons. The SMILES string of the molecule is Cc1ccc(SCCNC(=O)c2coc(CN)c2)cc1. The molecular formula is C15H18N2O2S. The fraction of sp³-hybridized carbons (Fsp3) is 0.267. The highest BCUT2D eigenvalue weighted by Crippen LogP contribution is 2.17. The molecule has 3 N–H and O–H groups in total. The molecule has 1 heterocycles. The molecule has 5 heteroatoms. The van der Waals surface area contributed by atoms with E-state index in [9.17, 15) is 4.79 Å². The molecule has 0 radical (unpaired) electrons. The van der Waals surface area contributed by atoms with Crippen molar-refractivity contribution in [2.75, 3.05) is 12.3 Å². The molecule has 0 aliphatic heterocycles. The van der Waals surface area contributed by atoms with Crippen molar-refractivity contribution in [3.63, 3.8) is 0 Å². The van der Waals surface area contributed by atoms with Crippen LogP contribution in [-0.2, 0) is 6.54 Å². The lowest BCUT2D eigenvalue weighted by molar-refractivity contribution is 0.0955. The number of rotatable bonds is 6. The summed E-state index contributed by atoms with van der Waals surface area (Å²) in [7, 11) is 0. The van der Waals surface area contributed by atoms with E-state index in [2.05, 4.69) is 36.5 Å². The van der Waals surface area contributed by atoms with Crippen molar-refractivity contribution in [3.8, 4) is 0 Å². The van der Waals surface area contributed by atoms with Crippen LogP contribution in [0.4, 0.5) is 0 Å². The minimum atomic E-state index is -0.127. The summed E-state index contributed by atoms with van der Waals surface area (Å²) < 4.78 is 5.13. The zero-order valence-electron chi connectivity index (χ0n) is 11.4. The maximum absolute atomic E-state index is 11.8. The van der Waals surface area contributed by atoms with E-state index in [1.165, 1.54) is 16.7 Å². The van der Waals surface area contributed by atoms with E-state index in [0.29, 0.717) is 24.4 Å². The van der Waals surface area contributed by atoms with Gasteiger partial charge in [-0.1, -0.05) is 17.7 Å². The van der Waals surface area contributed by atoms with Crippen molar-refractivity contribution in [2.24, 2.45) is 5.73 Å². The summed E-state index contributed by atoms with van der Waals surface area (Å²) in [4.78, 5) is 13.0. The van der Waals surface area contributed by atoms with Gasteiger partial charge < -0.3 is 15.5 Å². The monoisotopic (exact) mass is 290 g/mol. The molecule has 4 nitrogen and oxygen atoms in total. The number of furan rings is 1. The molecule has 1 aromatic carbocycles. The average Bonchev–Trinajstić information content (AvgIpc) is 2.94. The van der Waals surface area contributed by atoms with Crippen molar-refractivity contribution < 1.29 is 9.21 Å². The van der Waals surface area contributed by atoms with Gasteiger partial charge in [0.1, 0.15) is 12.0 Å². The first-order valence-electron chi connectivity index (χ1n) is 6.44. The highest BCUT2D eigenvalue weighted by molar-refractivity contribution is 7.99. The molecular weight excluding hydrogens is 272 g/mol. The van der Waals surface area contributed by atoms with Crippen molar-refractivity contribution >= 4 is 17.7 Å². The predicted octanol–water partition coefficient (Wildman–Crippen LogP) is 2.57. The third-order valence-electron chi connectivity index (χ3n) is 2.79. The standard InChI is InChI=1S/C15H18N2O2S/c1-11-2-4-14(5-3-11)20-7-6-17-15(18)12-8-13(9-16)19-10-12/h2-5,8,10H,6-7,9,16H2,1H3,(H,17,18). The van der Waals surface area contributed by atoms with Crippen LogP contribution in [0.15, 0.2) is 45.9 Å². The maximum atomic E-state index is 11.8. The Labute approximate surface area is 122 Å². The van der Waals surface area contributed by atoms with E-state index >= 15 is 0 Å². The Hall–Kier alpha value is -1.72. The molecule has 0 bridgehead atoms. The number of thioether (sulfide) groups is 1. The number of aryl methyl sites for hydroxylation is 1. The smallest absolute Gasteiger partial charge is 0.254 e. The summed E-state index contributed by atoms with van der Waals surface area (Å²) in [5.74, 6) is 1.32. The first kappa shape index (κ1) is 14.7. The fourth-order valence-corrected chi connectivity index (χ4v) is 2.45. The first-order valence-corrected chi connectivity index (χ1v) is 7.43. The van der Waals surface area contributed by atoms with Crippen LogP contribution in [-0.4, -0.2) is 18.2 Å². The second-order valence-corrected chi connectivity index (χ2v) is 5.59. The number of nitrogens with two attached hydrogens (primary N) is 1. The molecule has 1 aromatic heterocycles. The second-order valence-electron chi connectivity index (χ2n) is 4.42. The highest BCUT2D eigenvalue weighted by atomic mass is 32.2. The number of nitrogens with one attached hydrogen (secondary N) is 1. The number of benzene rings is 1. The molecule has 20 heavy (non-hydrogen) atoms. The van der Waals surface area contributed by atoms with Crippen molar-refractivity contribution in [1.29, 1.82) is 0 Å². The number of amides is 1. The zero-order chi connectivity index (χ0) is 14.4. The van der Waals surface area contributed by atoms with E-state index in [4.69, 9.17) is 10.2 Å². The van der Waals surface area contributed by atoms with E-state index < -0.39 is 0 Å². The lowest BCUT2D eigenvalue weighted by atomic mass is 10.2. The van der Waals surface area contributed by atoms with Crippen LogP contribution in [0.1, 0.15) is 21.7 Å². The molecule has 0 aliphatic rings. The summed E-state index contributed by atoms with van der Waals surface area (Å²) in [6, 6.07) is 10.0. The molecule has 0 unspecified atom stereocenters. The van der Waals surface area contributed by atoms with Gasteiger partial charge in [0.25, 0.3) is 5.91 Å². The molecule has 0 fully saturated rings. The van der Waals surface area contributed by atoms with Gasteiger partial charge in [-0.3, -0.25) is 4.79 Å². The van der Waals surface area contributed by atoms with Crippen LogP contribution in [0.5, 0.6) is 0 Å². The molecule has 2 rings (SSSR count). The van der Waals surface area contributed by atoms with Crippen molar-refractivity contribution in [3.05, 3.63) is 53.5 Å².